The molecule has 2 aromatic carbocycles. The summed E-state index contributed by atoms with van der Waals surface area (Å²) in [5.41, 5.74) is 4.19. The van der Waals surface area contributed by atoms with Gasteiger partial charge in [0.15, 0.2) is 0 Å². The lowest BCUT2D eigenvalue weighted by Gasteiger charge is -2.24. The SMILES string of the molecule is COc1ccc(C(C)(O)Cc2ccc3c(c2)CCC3)cc1. The van der Waals surface area contributed by atoms with E-state index in [0.29, 0.717) is 6.42 Å². The molecule has 0 amide bonds. The number of hydrogen-bond acceptors (Lipinski definition) is 2. The van der Waals surface area contributed by atoms with E-state index in [4.69, 9.17) is 4.74 Å². The van der Waals surface area contributed by atoms with Crippen LogP contribution in [0, 0.1) is 0 Å². The molecule has 21 heavy (non-hydrogen) atoms. The van der Waals surface area contributed by atoms with E-state index in [9.17, 15) is 5.11 Å². The third-order valence-electron chi connectivity index (χ3n) is 4.42. The quantitative estimate of drug-likeness (QED) is 0.928. The van der Waals surface area contributed by atoms with E-state index >= 15 is 0 Å². The molecule has 1 atom stereocenters. The summed E-state index contributed by atoms with van der Waals surface area (Å²) in [6, 6.07) is 14.3. The molecule has 0 aromatic heterocycles. The van der Waals surface area contributed by atoms with Gasteiger partial charge >= 0.3 is 0 Å². The van der Waals surface area contributed by atoms with Crippen LogP contribution in [0.5, 0.6) is 5.75 Å². The molecule has 0 fully saturated rings. The van der Waals surface area contributed by atoms with Gasteiger partial charge in [0.2, 0.25) is 0 Å². The van der Waals surface area contributed by atoms with Crippen molar-refractivity contribution in [1.82, 2.24) is 0 Å². The molecule has 0 saturated carbocycles. The highest BCUT2D eigenvalue weighted by Gasteiger charge is 2.24. The maximum atomic E-state index is 10.8. The summed E-state index contributed by atoms with van der Waals surface area (Å²) in [7, 11) is 1.65. The van der Waals surface area contributed by atoms with Crippen LogP contribution in [0.25, 0.3) is 0 Å². The molecule has 1 N–H and O–H groups in total. The van der Waals surface area contributed by atoms with Crippen molar-refractivity contribution in [1.29, 1.82) is 0 Å². The minimum atomic E-state index is -0.862. The van der Waals surface area contributed by atoms with Crippen LogP contribution in [0.2, 0.25) is 0 Å². The summed E-state index contributed by atoms with van der Waals surface area (Å²) < 4.78 is 5.17. The average Bonchev–Trinajstić information content (AvgIpc) is 2.94. The van der Waals surface area contributed by atoms with Crippen LogP contribution < -0.4 is 4.74 Å². The molecule has 110 valence electrons. The first-order chi connectivity index (χ1) is 10.1. The van der Waals surface area contributed by atoms with Gasteiger partial charge in [0.05, 0.1) is 12.7 Å². The fourth-order valence-corrected chi connectivity index (χ4v) is 3.18. The fourth-order valence-electron chi connectivity index (χ4n) is 3.18. The maximum absolute atomic E-state index is 10.8. The van der Waals surface area contributed by atoms with Gasteiger partial charge in [-0.25, -0.2) is 0 Å². The van der Waals surface area contributed by atoms with Gasteiger partial charge in [0.1, 0.15) is 5.75 Å². The standard InChI is InChI=1S/C19H22O2/c1-19(20,17-8-10-18(21-2)11-9-17)13-14-6-7-15-4-3-5-16(15)12-14/h6-12,20H,3-5,13H2,1-2H3. The van der Waals surface area contributed by atoms with Crippen LogP contribution in [0.15, 0.2) is 42.5 Å². The molecular weight excluding hydrogens is 260 g/mol. The second kappa shape index (κ2) is 5.53. The van der Waals surface area contributed by atoms with Gasteiger partial charge in [0.25, 0.3) is 0 Å². The Morgan fingerprint density at radius 1 is 1.05 bits per heavy atom. The van der Waals surface area contributed by atoms with Gasteiger partial charge in [-0.15, -0.1) is 0 Å². The lowest BCUT2D eigenvalue weighted by Crippen LogP contribution is -2.24. The molecule has 0 bridgehead atoms. The summed E-state index contributed by atoms with van der Waals surface area (Å²) in [6.45, 7) is 1.88. The summed E-state index contributed by atoms with van der Waals surface area (Å²) in [5.74, 6) is 0.812. The van der Waals surface area contributed by atoms with Crippen molar-refractivity contribution in [3.8, 4) is 5.75 Å². The largest absolute Gasteiger partial charge is 0.497 e. The van der Waals surface area contributed by atoms with Gasteiger partial charge in [-0.05, 0) is 60.6 Å². The van der Waals surface area contributed by atoms with Gasteiger partial charge in [-0.3, -0.25) is 0 Å². The molecule has 0 spiro atoms. The number of fused-ring (bicyclic) bond motifs is 1. The minimum absolute atomic E-state index is 0.632. The van der Waals surface area contributed by atoms with Gasteiger partial charge < -0.3 is 9.84 Å². The van der Waals surface area contributed by atoms with E-state index in [2.05, 4.69) is 18.2 Å². The Labute approximate surface area is 126 Å². The van der Waals surface area contributed by atoms with Crippen LogP contribution in [-0.4, -0.2) is 12.2 Å². The smallest absolute Gasteiger partial charge is 0.118 e. The highest BCUT2D eigenvalue weighted by molar-refractivity contribution is 5.37. The molecule has 1 unspecified atom stereocenters. The molecule has 1 aliphatic rings. The minimum Gasteiger partial charge on any atom is -0.497 e. The Morgan fingerprint density at radius 3 is 2.48 bits per heavy atom. The number of methoxy groups -OCH3 is 1. The van der Waals surface area contributed by atoms with E-state index in [1.807, 2.05) is 31.2 Å². The predicted octanol–water partition coefficient (Wildman–Crippen LogP) is 3.63. The van der Waals surface area contributed by atoms with Crippen LogP contribution in [0.3, 0.4) is 0 Å². The summed E-state index contributed by atoms with van der Waals surface area (Å²) >= 11 is 0. The van der Waals surface area contributed by atoms with E-state index in [-0.39, 0.29) is 0 Å². The second-order valence-corrected chi connectivity index (χ2v) is 6.14. The first-order valence-electron chi connectivity index (χ1n) is 7.56. The lowest BCUT2D eigenvalue weighted by atomic mass is 9.88. The molecular formula is C19H22O2. The molecule has 3 rings (SSSR count). The van der Waals surface area contributed by atoms with E-state index in [0.717, 1.165) is 11.3 Å². The molecule has 2 nitrogen and oxygen atoms in total. The summed E-state index contributed by atoms with van der Waals surface area (Å²) in [6.07, 6.45) is 4.26. The molecule has 1 aliphatic carbocycles. The van der Waals surface area contributed by atoms with Crippen molar-refractivity contribution in [2.24, 2.45) is 0 Å². The van der Waals surface area contributed by atoms with Crippen molar-refractivity contribution >= 4 is 0 Å². The zero-order valence-corrected chi connectivity index (χ0v) is 12.7. The van der Waals surface area contributed by atoms with E-state index in [1.165, 1.54) is 36.0 Å². The van der Waals surface area contributed by atoms with Crippen LogP contribution >= 0.6 is 0 Å². The highest BCUT2D eigenvalue weighted by atomic mass is 16.5. The number of hydrogen-bond donors (Lipinski definition) is 1. The van der Waals surface area contributed by atoms with Crippen molar-refractivity contribution in [3.05, 3.63) is 64.7 Å². The highest BCUT2D eigenvalue weighted by Crippen LogP contribution is 2.29. The molecule has 2 heteroatoms. The number of rotatable bonds is 4. The number of aryl methyl sites for hydroxylation is 2. The third kappa shape index (κ3) is 2.96. The maximum Gasteiger partial charge on any atom is 0.118 e. The van der Waals surface area contributed by atoms with Gasteiger partial charge in [0, 0.05) is 6.42 Å². The fraction of sp³-hybridized carbons (Fsp3) is 0.368. The molecule has 0 aliphatic heterocycles. The monoisotopic (exact) mass is 282 g/mol. The van der Waals surface area contributed by atoms with Crippen molar-refractivity contribution in [2.75, 3.05) is 7.11 Å². The second-order valence-electron chi connectivity index (χ2n) is 6.14. The number of benzene rings is 2. The van der Waals surface area contributed by atoms with Crippen LogP contribution in [-0.2, 0) is 24.9 Å². The molecule has 0 heterocycles. The van der Waals surface area contributed by atoms with Crippen LogP contribution in [0.4, 0.5) is 0 Å². The first kappa shape index (κ1) is 14.2. The van der Waals surface area contributed by atoms with Crippen molar-refractivity contribution in [2.45, 2.75) is 38.2 Å². The molecule has 0 saturated heterocycles. The lowest BCUT2D eigenvalue weighted by molar-refractivity contribution is 0.0576. The molecule has 2 aromatic rings. The zero-order valence-electron chi connectivity index (χ0n) is 12.7. The van der Waals surface area contributed by atoms with E-state index < -0.39 is 5.60 Å². The van der Waals surface area contributed by atoms with Crippen molar-refractivity contribution < 1.29 is 9.84 Å². The zero-order chi connectivity index (χ0) is 14.9. The Balaban J connectivity index is 1.81. The topological polar surface area (TPSA) is 29.5 Å². The Bertz CT molecular complexity index is 627. The van der Waals surface area contributed by atoms with Crippen molar-refractivity contribution in [3.63, 3.8) is 0 Å². The number of ether oxygens (including phenoxy) is 1. The Morgan fingerprint density at radius 2 is 1.76 bits per heavy atom. The number of aliphatic hydroxyl groups is 1. The molecule has 0 radical (unpaired) electrons. The van der Waals surface area contributed by atoms with Crippen LogP contribution in [0.1, 0.15) is 35.6 Å². The predicted molar refractivity (Wildman–Crippen MR) is 84.7 cm³/mol. The normalized spacial score (nSPS) is 16.3. The van der Waals surface area contributed by atoms with Gasteiger partial charge in [-0.1, -0.05) is 30.3 Å². The summed E-state index contributed by atoms with van der Waals surface area (Å²) in [5, 5.41) is 10.8. The third-order valence-corrected chi connectivity index (χ3v) is 4.42. The summed E-state index contributed by atoms with van der Waals surface area (Å²) in [4.78, 5) is 0. The van der Waals surface area contributed by atoms with E-state index in [1.54, 1.807) is 7.11 Å². The Hall–Kier alpha value is -1.80. The first-order valence-corrected chi connectivity index (χ1v) is 7.56. The Kier molecular flexibility index (Phi) is 3.73. The average molecular weight is 282 g/mol. The van der Waals surface area contributed by atoms with Gasteiger partial charge in [-0.2, -0.15) is 0 Å².